The summed E-state index contributed by atoms with van der Waals surface area (Å²) in [7, 11) is 0. The molecule has 0 spiro atoms. The minimum atomic E-state index is 0.771. The van der Waals surface area contributed by atoms with Crippen LogP contribution in [0.1, 0.15) is 56.9 Å². The Morgan fingerprint density at radius 2 is 1.74 bits per heavy atom. The van der Waals surface area contributed by atoms with Gasteiger partial charge in [-0.2, -0.15) is 0 Å². The number of benzene rings is 1. The fraction of sp³-hybridized carbons (Fsp3) is 0.667. The van der Waals surface area contributed by atoms with E-state index in [9.17, 15) is 0 Å². The van der Waals surface area contributed by atoms with E-state index in [0.717, 1.165) is 17.9 Å². The summed E-state index contributed by atoms with van der Waals surface area (Å²) in [5.41, 5.74) is 1.54. The summed E-state index contributed by atoms with van der Waals surface area (Å²) in [4.78, 5) is 2.76. The molecule has 104 valence electrons. The Labute approximate surface area is 118 Å². The van der Waals surface area contributed by atoms with Gasteiger partial charge in [-0.25, -0.2) is 0 Å². The van der Waals surface area contributed by atoms with Crippen molar-refractivity contribution in [3.05, 3.63) is 35.9 Å². The lowest BCUT2D eigenvalue weighted by molar-refractivity contribution is 0.155. The molecule has 1 nitrogen and oxygen atoms in total. The summed E-state index contributed by atoms with van der Waals surface area (Å²) in [6.07, 6.45) is 8.67. The van der Waals surface area contributed by atoms with Crippen molar-refractivity contribution < 1.29 is 0 Å². The van der Waals surface area contributed by atoms with E-state index >= 15 is 0 Å². The van der Waals surface area contributed by atoms with Crippen LogP contribution >= 0.6 is 0 Å². The lowest BCUT2D eigenvalue weighted by Gasteiger charge is -2.34. The molecule has 2 atom stereocenters. The first-order chi connectivity index (χ1) is 9.34. The lowest BCUT2D eigenvalue weighted by atomic mass is 9.84. The van der Waals surface area contributed by atoms with Gasteiger partial charge in [-0.05, 0) is 50.1 Å². The summed E-state index contributed by atoms with van der Waals surface area (Å²) >= 11 is 0. The van der Waals surface area contributed by atoms with E-state index in [1.807, 2.05) is 0 Å². The Balaban J connectivity index is 1.59. The molecule has 1 heteroatoms. The van der Waals surface area contributed by atoms with E-state index in [2.05, 4.69) is 42.2 Å². The second-order valence-corrected chi connectivity index (χ2v) is 6.53. The summed E-state index contributed by atoms with van der Waals surface area (Å²) < 4.78 is 0. The first-order valence-corrected chi connectivity index (χ1v) is 8.13. The predicted molar refractivity (Wildman–Crippen MR) is 81.4 cm³/mol. The zero-order chi connectivity index (χ0) is 13.1. The maximum Gasteiger partial charge on any atom is 0.00954 e. The molecule has 1 saturated carbocycles. The molecule has 0 bridgehead atoms. The second-order valence-electron chi connectivity index (χ2n) is 6.53. The molecule has 1 aromatic rings. The van der Waals surface area contributed by atoms with Gasteiger partial charge in [-0.15, -0.1) is 0 Å². The molecule has 1 aliphatic heterocycles. The zero-order valence-corrected chi connectivity index (χ0v) is 12.2. The van der Waals surface area contributed by atoms with Gasteiger partial charge < -0.3 is 0 Å². The fourth-order valence-electron chi connectivity index (χ4n) is 4.07. The monoisotopic (exact) mass is 257 g/mol. The third-order valence-electron chi connectivity index (χ3n) is 5.40. The summed E-state index contributed by atoms with van der Waals surface area (Å²) in [5, 5.41) is 0. The van der Waals surface area contributed by atoms with Crippen LogP contribution in [0.4, 0.5) is 0 Å². The summed E-state index contributed by atoms with van der Waals surface area (Å²) in [5.74, 6) is 1.73. The maximum atomic E-state index is 2.76. The third-order valence-corrected chi connectivity index (χ3v) is 5.40. The fourth-order valence-corrected chi connectivity index (χ4v) is 4.07. The van der Waals surface area contributed by atoms with Gasteiger partial charge in [0.25, 0.3) is 0 Å². The van der Waals surface area contributed by atoms with Crippen LogP contribution in [0, 0.1) is 5.92 Å². The molecule has 1 unspecified atom stereocenters. The van der Waals surface area contributed by atoms with Crippen molar-refractivity contribution in [2.45, 2.75) is 57.4 Å². The van der Waals surface area contributed by atoms with Crippen LogP contribution in [-0.4, -0.2) is 24.0 Å². The average molecular weight is 257 g/mol. The van der Waals surface area contributed by atoms with Crippen LogP contribution in [0.15, 0.2) is 30.3 Å². The van der Waals surface area contributed by atoms with Crippen molar-refractivity contribution in [3.8, 4) is 0 Å². The quantitative estimate of drug-likeness (QED) is 0.773. The van der Waals surface area contributed by atoms with Gasteiger partial charge in [0.2, 0.25) is 0 Å². The second kappa shape index (κ2) is 6.09. The Kier molecular flexibility index (Phi) is 4.22. The van der Waals surface area contributed by atoms with Gasteiger partial charge in [0.05, 0.1) is 0 Å². The SMILES string of the molecule is C[C@@H](C1CCCCC1)N1CCC(c2ccccc2)C1. The number of likely N-dealkylation sites (tertiary alicyclic amines) is 1. The highest BCUT2D eigenvalue weighted by atomic mass is 15.2. The molecule has 2 fully saturated rings. The van der Waals surface area contributed by atoms with Crippen molar-refractivity contribution in [2.75, 3.05) is 13.1 Å². The molecule has 2 aliphatic rings. The molecule has 0 amide bonds. The highest BCUT2D eigenvalue weighted by Crippen LogP contribution is 2.34. The molecule has 0 radical (unpaired) electrons. The molecular formula is C18H27N. The Morgan fingerprint density at radius 3 is 2.47 bits per heavy atom. The molecular weight excluding hydrogens is 230 g/mol. The Hall–Kier alpha value is -0.820. The molecule has 3 rings (SSSR count). The zero-order valence-electron chi connectivity index (χ0n) is 12.2. The van der Waals surface area contributed by atoms with Gasteiger partial charge in [0, 0.05) is 12.6 Å². The van der Waals surface area contributed by atoms with Crippen LogP contribution in [0.3, 0.4) is 0 Å². The largest absolute Gasteiger partial charge is 0.300 e. The number of hydrogen-bond acceptors (Lipinski definition) is 1. The normalized spacial score (nSPS) is 27.5. The van der Waals surface area contributed by atoms with E-state index in [1.54, 1.807) is 5.56 Å². The van der Waals surface area contributed by atoms with Gasteiger partial charge in [-0.1, -0.05) is 49.6 Å². The first-order valence-electron chi connectivity index (χ1n) is 8.13. The smallest absolute Gasteiger partial charge is 0.00954 e. The molecule has 1 saturated heterocycles. The Bertz CT molecular complexity index is 380. The minimum Gasteiger partial charge on any atom is -0.300 e. The van der Waals surface area contributed by atoms with Crippen LogP contribution in [-0.2, 0) is 0 Å². The number of rotatable bonds is 3. The van der Waals surface area contributed by atoms with E-state index in [0.29, 0.717) is 0 Å². The van der Waals surface area contributed by atoms with Gasteiger partial charge >= 0.3 is 0 Å². The van der Waals surface area contributed by atoms with E-state index in [-0.39, 0.29) is 0 Å². The van der Waals surface area contributed by atoms with Crippen LogP contribution in [0.5, 0.6) is 0 Å². The molecule has 0 N–H and O–H groups in total. The molecule has 1 aliphatic carbocycles. The van der Waals surface area contributed by atoms with Crippen molar-refractivity contribution in [2.24, 2.45) is 5.92 Å². The highest BCUT2D eigenvalue weighted by molar-refractivity contribution is 5.21. The van der Waals surface area contributed by atoms with Gasteiger partial charge in [0.15, 0.2) is 0 Å². The predicted octanol–water partition coefficient (Wildman–Crippen LogP) is 4.44. The molecule has 19 heavy (non-hydrogen) atoms. The average Bonchev–Trinajstić information content (AvgIpc) is 2.98. The van der Waals surface area contributed by atoms with Crippen molar-refractivity contribution >= 4 is 0 Å². The van der Waals surface area contributed by atoms with Crippen molar-refractivity contribution in [1.82, 2.24) is 4.90 Å². The topological polar surface area (TPSA) is 3.24 Å². The van der Waals surface area contributed by atoms with Crippen molar-refractivity contribution in [3.63, 3.8) is 0 Å². The maximum absolute atomic E-state index is 2.76. The van der Waals surface area contributed by atoms with E-state index in [4.69, 9.17) is 0 Å². The van der Waals surface area contributed by atoms with E-state index in [1.165, 1.54) is 51.6 Å². The highest BCUT2D eigenvalue weighted by Gasteiger charge is 2.31. The standard InChI is InChI=1S/C18H27N/c1-15(16-8-4-2-5-9-16)19-13-12-18(14-19)17-10-6-3-7-11-17/h3,6-7,10-11,15-16,18H,2,4-5,8-9,12-14H2,1H3/t15-,18?/m0/s1. The summed E-state index contributed by atoms with van der Waals surface area (Å²) in [6.45, 7) is 5.06. The van der Waals surface area contributed by atoms with E-state index < -0.39 is 0 Å². The van der Waals surface area contributed by atoms with Crippen molar-refractivity contribution in [1.29, 1.82) is 0 Å². The van der Waals surface area contributed by atoms with Gasteiger partial charge in [0.1, 0.15) is 0 Å². The number of nitrogens with zero attached hydrogens (tertiary/aromatic N) is 1. The van der Waals surface area contributed by atoms with Crippen LogP contribution in [0.2, 0.25) is 0 Å². The molecule has 1 heterocycles. The van der Waals surface area contributed by atoms with Gasteiger partial charge in [-0.3, -0.25) is 4.90 Å². The third kappa shape index (κ3) is 3.02. The lowest BCUT2D eigenvalue weighted by Crippen LogP contribution is -2.37. The number of hydrogen-bond donors (Lipinski definition) is 0. The minimum absolute atomic E-state index is 0.771. The molecule has 1 aromatic carbocycles. The molecule has 0 aromatic heterocycles. The summed E-state index contributed by atoms with van der Waals surface area (Å²) in [6, 6.07) is 11.9. The first kappa shape index (κ1) is 13.2. The van der Waals surface area contributed by atoms with Crippen LogP contribution < -0.4 is 0 Å². The Morgan fingerprint density at radius 1 is 1.00 bits per heavy atom. The van der Waals surface area contributed by atoms with Crippen LogP contribution in [0.25, 0.3) is 0 Å².